The van der Waals surface area contributed by atoms with Gasteiger partial charge in [0.05, 0.1) is 24.0 Å². The van der Waals surface area contributed by atoms with Crippen LogP contribution in [0.15, 0.2) is 71.6 Å². The molecule has 0 aliphatic carbocycles. The predicted molar refractivity (Wildman–Crippen MR) is 144 cm³/mol. The van der Waals surface area contributed by atoms with Crippen LogP contribution in [0.4, 0.5) is 11.4 Å². The largest absolute Gasteiger partial charge is 0.493 e. The number of nitro groups is 1. The van der Waals surface area contributed by atoms with Crippen LogP contribution < -0.4 is 14.4 Å². The number of hydrogen-bond donors (Lipinski definition) is 1. The van der Waals surface area contributed by atoms with Crippen molar-refractivity contribution in [3.8, 4) is 11.5 Å². The number of amides is 1. The molecule has 210 valence electrons. The van der Waals surface area contributed by atoms with Crippen LogP contribution in [0.25, 0.3) is 0 Å². The van der Waals surface area contributed by atoms with E-state index in [-0.39, 0.29) is 35.0 Å². The smallest absolute Gasteiger partial charge is 0.326 e. The molecule has 2 atom stereocenters. The number of anilines is 1. The van der Waals surface area contributed by atoms with E-state index in [1.165, 1.54) is 51.5 Å². The summed E-state index contributed by atoms with van der Waals surface area (Å²) in [4.78, 5) is 37.5. The first-order valence-corrected chi connectivity index (χ1v) is 13.5. The summed E-state index contributed by atoms with van der Waals surface area (Å²) in [5.74, 6) is -1.63. The number of aliphatic carboxylic acids is 1. The lowest BCUT2D eigenvalue weighted by Crippen LogP contribution is -2.56. The average molecular weight is 570 g/mol. The van der Waals surface area contributed by atoms with Crippen molar-refractivity contribution in [2.45, 2.75) is 36.9 Å². The van der Waals surface area contributed by atoms with Gasteiger partial charge < -0.3 is 14.6 Å². The van der Waals surface area contributed by atoms with Crippen LogP contribution in [-0.4, -0.2) is 60.9 Å². The van der Waals surface area contributed by atoms with Crippen molar-refractivity contribution in [2.75, 3.05) is 19.1 Å². The number of fused-ring (bicyclic) bond motifs is 1. The maximum atomic E-state index is 14.2. The van der Waals surface area contributed by atoms with Gasteiger partial charge in [-0.2, -0.15) is 4.31 Å². The molecule has 3 aromatic rings. The van der Waals surface area contributed by atoms with Crippen LogP contribution >= 0.6 is 0 Å². The molecule has 1 unspecified atom stereocenters. The summed E-state index contributed by atoms with van der Waals surface area (Å²) in [6, 6.07) is 13.3. The highest BCUT2D eigenvalue weighted by Crippen LogP contribution is 2.35. The maximum absolute atomic E-state index is 14.2. The minimum Gasteiger partial charge on any atom is -0.493 e. The van der Waals surface area contributed by atoms with Crippen LogP contribution in [-0.2, 0) is 32.6 Å². The van der Waals surface area contributed by atoms with Crippen LogP contribution in [0.2, 0.25) is 0 Å². The van der Waals surface area contributed by atoms with E-state index in [9.17, 15) is 33.2 Å². The number of non-ortho nitro benzene ring substituents is 1. The molecule has 3 aromatic carbocycles. The number of nitrogens with zero attached hydrogens (tertiary/aromatic N) is 3. The molecule has 0 bridgehead atoms. The number of nitro benzene ring substituents is 1. The van der Waals surface area contributed by atoms with Gasteiger partial charge in [0.15, 0.2) is 11.5 Å². The number of benzene rings is 3. The second-order valence-electron chi connectivity index (χ2n) is 9.05. The van der Waals surface area contributed by atoms with Gasteiger partial charge in [-0.3, -0.25) is 19.8 Å². The van der Waals surface area contributed by atoms with E-state index in [0.29, 0.717) is 11.3 Å². The van der Waals surface area contributed by atoms with Gasteiger partial charge in [0.2, 0.25) is 15.9 Å². The van der Waals surface area contributed by atoms with E-state index in [0.717, 1.165) is 26.9 Å². The summed E-state index contributed by atoms with van der Waals surface area (Å²) in [7, 11) is -1.54. The Bertz CT molecular complexity index is 1560. The molecule has 0 fully saturated rings. The van der Waals surface area contributed by atoms with Crippen molar-refractivity contribution in [1.82, 2.24) is 4.31 Å². The number of methoxy groups -OCH3 is 2. The molecule has 1 amide bonds. The molecule has 0 aromatic heterocycles. The number of hydrogen-bond acceptors (Lipinski definition) is 8. The Kier molecular flexibility index (Phi) is 8.07. The molecule has 1 aliphatic heterocycles. The van der Waals surface area contributed by atoms with E-state index < -0.39 is 38.9 Å². The normalized spacial score (nSPS) is 15.9. The molecule has 0 spiro atoms. The molecule has 0 saturated carbocycles. The Morgan fingerprint density at radius 2 is 1.65 bits per heavy atom. The molecule has 4 rings (SSSR count). The van der Waals surface area contributed by atoms with E-state index in [1.807, 2.05) is 0 Å². The maximum Gasteiger partial charge on any atom is 0.326 e. The van der Waals surface area contributed by atoms with Gasteiger partial charge >= 0.3 is 5.97 Å². The monoisotopic (exact) mass is 569 g/mol. The van der Waals surface area contributed by atoms with Gasteiger partial charge in [-0.15, -0.1) is 0 Å². The van der Waals surface area contributed by atoms with Gasteiger partial charge in [0.1, 0.15) is 12.1 Å². The molecule has 0 radical (unpaired) electrons. The summed E-state index contributed by atoms with van der Waals surface area (Å²) in [6.45, 7) is 1.14. The highest BCUT2D eigenvalue weighted by atomic mass is 32.2. The molecule has 1 aliphatic rings. The third kappa shape index (κ3) is 5.33. The molecule has 0 saturated heterocycles. The zero-order valence-electron chi connectivity index (χ0n) is 21.9. The summed E-state index contributed by atoms with van der Waals surface area (Å²) in [6.07, 6.45) is -0.0165. The van der Waals surface area contributed by atoms with Gasteiger partial charge in [-0.05, 0) is 48.7 Å². The Morgan fingerprint density at radius 3 is 2.23 bits per heavy atom. The first-order chi connectivity index (χ1) is 19.0. The number of rotatable bonds is 9. The summed E-state index contributed by atoms with van der Waals surface area (Å²) < 4.78 is 39.6. The average Bonchev–Trinajstić information content (AvgIpc) is 2.96. The van der Waals surface area contributed by atoms with Gasteiger partial charge in [0.25, 0.3) is 5.69 Å². The topological polar surface area (TPSA) is 157 Å². The number of carboxylic acids is 1. The molecular formula is C27H27N3O9S. The SMILES string of the molecule is COc1ccc(S(=O)(=O)N2Cc3ccccc3C[C@H]2C(=O)N(c2ccc([N+](=O)[O-])cc2)C(C)C(=O)O)cc1OC. The summed E-state index contributed by atoms with van der Waals surface area (Å²) >= 11 is 0. The molecule has 1 N–H and O–H groups in total. The number of carboxylic acid groups (broad SMARTS) is 1. The Balaban J connectivity index is 1.83. The summed E-state index contributed by atoms with van der Waals surface area (Å²) in [5.41, 5.74) is 1.27. The Morgan fingerprint density at radius 1 is 1.02 bits per heavy atom. The lowest BCUT2D eigenvalue weighted by molar-refractivity contribution is -0.384. The van der Waals surface area contributed by atoms with Crippen LogP contribution in [0.1, 0.15) is 18.1 Å². The third-order valence-corrected chi connectivity index (χ3v) is 8.62. The van der Waals surface area contributed by atoms with Crippen molar-refractivity contribution in [2.24, 2.45) is 0 Å². The molecular weight excluding hydrogens is 542 g/mol. The zero-order valence-corrected chi connectivity index (χ0v) is 22.7. The highest BCUT2D eigenvalue weighted by Gasteiger charge is 2.43. The Labute approximate surface area is 230 Å². The molecule has 40 heavy (non-hydrogen) atoms. The summed E-state index contributed by atoms with van der Waals surface area (Å²) in [5, 5.41) is 20.9. The predicted octanol–water partition coefficient (Wildman–Crippen LogP) is 3.23. The fourth-order valence-electron chi connectivity index (χ4n) is 4.62. The van der Waals surface area contributed by atoms with E-state index >= 15 is 0 Å². The minimum absolute atomic E-state index is 0.0165. The lowest BCUT2D eigenvalue weighted by atomic mass is 9.94. The highest BCUT2D eigenvalue weighted by molar-refractivity contribution is 7.89. The second-order valence-corrected chi connectivity index (χ2v) is 10.9. The van der Waals surface area contributed by atoms with Crippen molar-refractivity contribution < 1.29 is 37.5 Å². The first kappa shape index (κ1) is 28.5. The van der Waals surface area contributed by atoms with Crippen LogP contribution in [0.5, 0.6) is 11.5 Å². The van der Waals surface area contributed by atoms with Crippen molar-refractivity contribution in [1.29, 1.82) is 0 Å². The Hall–Kier alpha value is -4.49. The van der Waals surface area contributed by atoms with Crippen molar-refractivity contribution in [3.05, 3.63) is 88.0 Å². The van der Waals surface area contributed by atoms with E-state index in [1.54, 1.807) is 24.3 Å². The van der Waals surface area contributed by atoms with Crippen LogP contribution in [0.3, 0.4) is 0 Å². The minimum atomic E-state index is -4.32. The number of carbonyl (C=O) groups is 2. The van der Waals surface area contributed by atoms with Crippen molar-refractivity contribution >= 4 is 33.3 Å². The fourth-order valence-corrected chi connectivity index (χ4v) is 6.20. The molecule has 12 nitrogen and oxygen atoms in total. The number of sulfonamides is 1. The molecule has 1 heterocycles. The zero-order chi connectivity index (χ0) is 29.2. The van der Waals surface area contributed by atoms with Crippen LogP contribution in [0, 0.1) is 10.1 Å². The first-order valence-electron chi connectivity index (χ1n) is 12.1. The fraction of sp³-hybridized carbons (Fsp3) is 0.259. The van der Waals surface area contributed by atoms with E-state index in [4.69, 9.17) is 9.47 Å². The van der Waals surface area contributed by atoms with Gasteiger partial charge in [-0.25, -0.2) is 13.2 Å². The lowest BCUT2D eigenvalue weighted by Gasteiger charge is -2.38. The van der Waals surface area contributed by atoms with Gasteiger partial charge in [-0.1, -0.05) is 24.3 Å². The van der Waals surface area contributed by atoms with E-state index in [2.05, 4.69) is 0 Å². The van der Waals surface area contributed by atoms with Gasteiger partial charge in [0, 0.05) is 30.4 Å². The quantitative estimate of drug-likeness (QED) is 0.302. The molecule has 13 heteroatoms. The number of ether oxygens (including phenoxy) is 2. The number of carbonyl (C=O) groups excluding carboxylic acids is 1. The second kappa shape index (κ2) is 11.3. The third-order valence-electron chi connectivity index (χ3n) is 6.77. The van der Waals surface area contributed by atoms with Crippen molar-refractivity contribution in [3.63, 3.8) is 0 Å². The standard InChI is InChI=1S/C27H27N3O9S/c1-17(27(32)33)29(20-8-10-21(11-9-20)30(34)35)26(31)23-14-18-6-4-5-7-19(18)16-28(23)40(36,37)22-12-13-24(38-2)25(15-22)39-3/h4-13,15,17,23H,14,16H2,1-3H3,(H,32,33)/t17?,23-/m0/s1.